The second-order valence-electron chi connectivity index (χ2n) is 4.81. The third kappa shape index (κ3) is 2.79. The largest absolute Gasteiger partial charge is 0.265 e. The molecule has 1 aromatic rings. The molecule has 0 saturated carbocycles. The quantitative estimate of drug-likeness (QED) is 0.858. The van der Waals surface area contributed by atoms with Crippen LogP contribution < -0.4 is 5.48 Å². The average Bonchev–Trinajstić information content (AvgIpc) is 2.70. The molecule has 2 rings (SSSR count). The Bertz CT molecular complexity index is 653. The molecule has 1 aliphatic heterocycles. The van der Waals surface area contributed by atoms with Crippen molar-refractivity contribution in [1.29, 1.82) is 0 Å². The summed E-state index contributed by atoms with van der Waals surface area (Å²) in [4.78, 5) is 5.08. The van der Waals surface area contributed by atoms with Crippen LogP contribution in [0.15, 0.2) is 29.3 Å². The highest BCUT2D eigenvalue weighted by atomic mass is 35.5. The monoisotopic (exact) mass is 339 g/mol. The van der Waals surface area contributed by atoms with E-state index in [0.29, 0.717) is 0 Å². The molecular formula is C12H12Cl2FNO3S. The van der Waals surface area contributed by atoms with E-state index >= 15 is 0 Å². The van der Waals surface area contributed by atoms with Crippen molar-refractivity contribution in [3.05, 3.63) is 45.7 Å². The Balaban J connectivity index is 2.46. The second kappa shape index (κ2) is 5.18. The summed E-state index contributed by atoms with van der Waals surface area (Å²) in [5.41, 5.74) is 1.23. The van der Waals surface area contributed by atoms with E-state index in [-0.39, 0.29) is 15.6 Å². The summed E-state index contributed by atoms with van der Waals surface area (Å²) in [6, 6.07) is 3.85. The second-order valence-corrected chi connectivity index (χ2v) is 7.92. The lowest BCUT2D eigenvalue weighted by Gasteiger charge is -2.14. The first-order valence-electron chi connectivity index (χ1n) is 5.64. The molecular weight excluding hydrogens is 328 g/mol. The predicted molar refractivity (Wildman–Crippen MR) is 75.3 cm³/mol. The van der Waals surface area contributed by atoms with Gasteiger partial charge in [0.2, 0.25) is 9.84 Å². The maximum absolute atomic E-state index is 13.8. The number of rotatable bonds is 3. The molecule has 1 heterocycles. The number of nitrogens with one attached hydrogen (secondary N) is 1. The lowest BCUT2D eigenvalue weighted by molar-refractivity contribution is -0.0129. The average molecular weight is 340 g/mol. The molecule has 4 nitrogen and oxygen atoms in total. The van der Waals surface area contributed by atoms with Crippen LogP contribution in [0, 0.1) is 5.82 Å². The van der Waals surface area contributed by atoms with Crippen molar-refractivity contribution in [1.82, 2.24) is 5.48 Å². The summed E-state index contributed by atoms with van der Waals surface area (Å²) in [6.45, 7) is 3.34. The minimum atomic E-state index is -4.04. The minimum absolute atomic E-state index is 0.0487. The van der Waals surface area contributed by atoms with Gasteiger partial charge < -0.3 is 0 Å². The molecule has 0 bridgehead atoms. The fraction of sp³-hybridized carbons (Fsp3) is 0.333. The first kappa shape index (κ1) is 15.6. The first-order valence-corrected chi connectivity index (χ1v) is 8.00. The van der Waals surface area contributed by atoms with Gasteiger partial charge in [0.25, 0.3) is 0 Å². The van der Waals surface area contributed by atoms with E-state index in [0.717, 1.165) is 6.07 Å². The maximum atomic E-state index is 13.8. The number of hydrogen-bond donors (Lipinski definition) is 1. The highest BCUT2D eigenvalue weighted by molar-refractivity contribution is 7.96. The van der Waals surface area contributed by atoms with E-state index < -0.39 is 26.0 Å². The number of benzene rings is 1. The van der Waals surface area contributed by atoms with E-state index in [4.69, 9.17) is 28.0 Å². The van der Waals surface area contributed by atoms with Crippen molar-refractivity contribution in [2.45, 2.75) is 24.2 Å². The van der Waals surface area contributed by atoms with Crippen molar-refractivity contribution < 1.29 is 17.6 Å². The lowest BCUT2D eigenvalue weighted by atomic mass is 10.1. The van der Waals surface area contributed by atoms with E-state index in [2.05, 4.69) is 5.48 Å². The molecule has 0 amide bonds. The van der Waals surface area contributed by atoms with E-state index in [1.54, 1.807) is 13.8 Å². The Hall–Kier alpha value is -0.820. The van der Waals surface area contributed by atoms with E-state index in [1.807, 2.05) is 0 Å². The molecule has 1 unspecified atom stereocenters. The van der Waals surface area contributed by atoms with Gasteiger partial charge in [0.05, 0.1) is 0 Å². The van der Waals surface area contributed by atoms with Crippen LogP contribution in [0.4, 0.5) is 4.39 Å². The molecule has 1 aliphatic rings. The molecule has 0 aromatic heterocycles. The first-order chi connectivity index (χ1) is 9.15. The Morgan fingerprint density at radius 3 is 2.55 bits per heavy atom. The summed E-state index contributed by atoms with van der Waals surface area (Å²) in [5, 5.41) is -0.255. The van der Waals surface area contributed by atoms with Crippen LogP contribution in [0.2, 0.25) is 5.02 Å². The number of alkyl halides is 1. The predicted octanol–water partition coefficient (Wildman–Crippen LogP) is 3.29. The summed E-state index contributed by atoms with van der Waals surface area (Å²) in [5.74, 6) is -0.778. The maximum Gasteiger partial charge on any atom is 0.216 e. The Morgan fingerprint density at radius 2 is 2.05 bits per heavy atom. The molecule has 0 spiro atoms. The summed E-state index contributed by atoms with van der Waals surface area (Å²) >= 11 is 11.8. The van der Waals surface area contributed by atoms with Crippen molar-refractivity contribution >= 4 is 33.0 Å². The molecule has 8 heteroatoms. The third-order valence-electron chi connectivity index (χ3n) is 2.70. The van der Waals surface area contributed by atoms with Crippen LogP contribution in [0.3, 0.4) is 0 Å². The van der Waals surface area contributed by atoms with Crippen molar-refractivity contribution in [2.24, 2.45) is 0 Å². The smallest absolute Gasteiger partial charge is 0.216 e. The number of sulfone groups is 1. The normalized spacial score (nSPS) is 19.4. The SMILES string of the molecule is CC1(C)C=C(S(=O)(=O)C(Cl)c2c(F)cccc2Cl)NO1. The van der Waals surface area contributed by atoms with Crippen LogP contribution in [0.1, 0.15) is 24.1 Å². The van der Waals surface area contributed by atoms with Gasteiger partial charge >= 0.3 is 0 Å². The van der Waals surface area contributed by atoms with Gasteiger partial charge in [-0.25, -0.2) is 12.8 Å². The van der Waals surface area contributed by atoms with Crippen LogP contribution in [0.25, 0.3) is 0 Å². The van der Waals surface area contributed by atoms with Crippen molar-refractivity contribution in [2.75, 3.05) is 0 Å². The van der Waals surface area contributed by atoms with Crippen molar-refractivity contribution in [3.63, 3.8) is 0 Å². The zero-order valence-electron chi connectivity index (χ0n) is 10.7. The van der Waals surface area contributed by atoms with Crippen LogP contribution >= 0.6 is 23.2 Å². The van der Waals surface area contributed by atoms with Crippen LogP contribution in [-0.4, -0.2) is 14.0 Å². The van der Waals surface area contributed by atoms with Crippen LogP contribution in [-0.2, 0) is 14.7 Å². The van der Waals surface area contributed by atoms with Gasteiger partial charge in [-0.3, -0.25) is 10.3 Å². The minimum Gasteiger partial charge on any atom is -0.265 e. The number of halogens is 3. The highest BCUT2D eigenvalue weighted by Crippen LogP contribution is 2.38. The Kier molecular flexibility index (Phi) is 4.03. The highest BCUT2D eigenvalue weighted by Gasteiger charge is 2.38. The molecule has 20 heavy (non-hydrogen) atoms. The van der Waals surface area contributed by atoms with Gasteiger partial charge in [0.1, 0.15) is 11.4 Å². The zero-order valence-corrected chi connectivity index (χ0v) is 13.0. The lowest BCUT2D eigenvalue weighted by Crippen LogP contribution is -2.23. The summed E-state index contributed by atoms with van der Waals surface area (Å²) in [6.07, 6.45) is 1.37. The van der Waals surface area contributed by atoms with Gasteiger partial charge in [-0.1, -0.05) is 29.3 Å². The molecule has 1 N–H and O–H groups in total. The fourth-order valence-electron chi connectivity index (χ4n) is 1.69. The Morgan fingerprint density at radius 1 is 1.40 bits per heavy atom. The van der Waals surface area contributed by atoms with E-state index in [1.165, 1.54) is 18.2 Å². The van der Waals surface area contributed by atoms with Gasteiger partial charge in [0, 0.05) is 10.6 Å². The molecule has 110 valence electrons. The van der Waals surface area contributed by atoms with Gasteiger partial charge in [0.15, 0.2) is 9.74 Å². The topological polar surface area (TPSA) is 55.4 Å². The van der Waals surface area contributed by atoms with Gasteiger partial charge in [-0.15, -0.1) is 0 Å². The molecule has 0 saturated heterocycles. The zero-order chi connectivity index (χ0) is 15.1. The number of hydrogen-bond acceptors (Lipinski definition) is 4. The molecule has 0 aliphatic carbocycles. The fourth-order valence-corrected chi connectivity index (χ4v) is 3.97. The standard InChI is InChI=1S/C12H12Cl2FNO3S/c1-12(2)6-9(16-19-12)20(17,18)11(14)10-7(13)4-3-5-8(10)15/h3-6,11,16H,1-2H3. The number of hydroxylamine groups is 1. The third-order valence-corrected chi connectivity index (χ3v) is 5.55. The van der Waals surface area contributed by atoms with Crippen LogP contribution in [0.5, 0.6) is 0 Å². The van der Waals surface area contributed by atoms with Gasteiger partial charge in [-0.2, -0.15) is 0 Å². The van der Waals surface area contributed by atoms with E-state index in [9.17, 15) is 12.8 Å². The molecule has 0 fully saturated rings. The molecule has 0 radical (unpaired) electrons. The summed E-state index contributed by atoms with van der Waals surface area (Å²) < 4.78 is 36.8. The Labute approximate surface area is 126 Å². The molecule has 1 atom stereocenters. The van der Waals surface area contributed by atoms with Gasteiger partial charge in [-0.05, 0) is 32.1 Å². The summed E-state index contributed by atoms with van der Waals surface area (Å²) in [7, 11) is -4.04. The molecule has 1 aromatic carbocycles. The van der Waals surface area contributed by atoms with Crippen molar-refractivity contribution in [3.8, 4) is 0 Å².